The lowest BCUT2D eigenvalue weighted by Gasteiger charge is -2.38. The van der Waals surface area contributed by atoms with E-state index >= 15 is 0 Å². The monoisotopic (exact) mass is 291 g/mol. The van der Waals surface area contributed by atoms with Crippen molar-refractivity contribution in [1.82, 2.24) is 9.80 Å². The number of nitrogens with zero attached hydrogens (tertiary/aromatic N) is 2. The SMILES string of the molecule is CCC(CN)N1CCN(C(=O)c2cccc(O)c2C)CC1. The number of aromatic hydroxyl groups is 1. The third-order valence-corrected chi connectivity index (χ3v) is 4.40. The summed E-state index contributed by atoms with van der Waals surface area (Å²) in [5, 5.41) is 9.73. The Morgan fingerprint density at radius 2 is 2.00 bits per heavy atom. The van der Waals surface area contributed by atoms with E-state index in [-0.39, 0.29) is 11.7 Å². The number of benzene rings is 1. The van der Waals surface area contributed by atoms with Crippen LogP contribution in [0.25, 0.3) is 0 Å². The number of carbonyl (C=O) groups excluding carboxylic acids is 1. The van der Waals surface area contributed by atoms with Gasteiger partial charge in [0.15, 0.2) is 0 Å². The van der Waals surface area contributed by atoms with E-state index in [4.69, 9.17) is 5.73 Å². The second kappa shape index (κ2) is 6.91. The summed E-state index contributed by atoms with van der Waals surface area (Å²) in [6.45, 7) is 7.73. The number of rotatable bonds is 4. The smallest absolute Gasteiger partial charge is 0.254 e. The van der Waals surface area contributed by atoms with Crippen LogP contribution in [0, 0.1) is 6.92 Å². The van der Waals surface area contributed by atoms with Crippen molar-refractivity contribution in [3.63, 3.8) is 0 Å². The van der Waals surface area contributed by atoms with Crippen LogP contribution in [0.15, 0.2) is 18.2 Å². The zero-order chi connectivity index (χ0) is 15.4. The van der Waals surface area contributed by atoms with Crippen LogP contribution in [0.2, 0.25) is 0 Å². The molecule has 0 spiro atoms. The first-order valence-electron chi connectivity index (χ1n) is 7.60. The van der Waals surface area contributed by atoms with E-state index in [1.165, 1.54) is 0 Å². The highest BCUT2D eigenvalue weighted by Crippen LogP contribution is 2.21. The first-order valence-corrected chi connectivity index (χ1v) is 7.60. The maximum absolute atomic E-state index is 12.6. The largest absolute Gasteiger partial charge is 0.508 e. The lowest BCUT2D eigenvalue weighted by Crippen LogP contribution is -2.53. The fraction of sp³-hybridized carbons (Fsp3) is 0.562. The third-order valence-electron chi connectivity index (χ3n) is 4.40. The molecule has 5 nitrogen and oxygen atoms in total. The van der Waals surface area contributed by atoms with Gasteiger partial charge < -0.3 is 15.7 Å². The molecular weight excluding hydrogens is 266 g/mol. The quantitative estimate of drug-likeness (QED) is 0.874. The zero-order valence-electron chi connectivity index (χ0n) is 12.9. The first kappa shape index (κ1) is 15.8. The molecule has 1 aromatic carbocycles. The number of carbonyl (C=O) groups is 1. The zero-order valence-corrected chi connectivity index (χ0v) is 12.9. The van der Waals surface area contributed by atoms with Gasteiger partial charge in [-0.15, -0.1) is 0 Å². The van der Waals surface area contributed by atoms with Gasteiger partial charge in [0.25, 0.3) is 5.91 Å². The summed E-state index contributed by atoms with van der Waals surface area (Å²) in [6, 6.07) is 5.51. The van der Waals surface area contributed by atoms with E-state index in [2.05, 4.69) is 11.8 Å². The van der Waals surface area contributed by atoms with E-state index in [9.17, 15) is 9.90 Å². The summed E-state index contributed by atoms with van der Waals surface area (Å²) < 4.78 is 0. The molecule has 1 unspecified atom stereocenters. The fourth-order valence-electron chi connectivity index (χ4n) is 2.89. The second-order valence-corrected chi connectivity index (χ2v) is 5.58. The van der Waals surface area contributed by atoms with Gasteiger partial charge in [-0.2, -0.15) is 0 Å². The molecule has 0 radical (unpaired) electrons. The van der Waals surface area contributed by atoms with Gasteiger partial charge >= 0.3 is 0 Å². The van der Waals surface area contributed by atoms with Crippen molar-refractivity contribution in [3.8, 4) is 5.75 Å². The van der Waals surface area contributed by atoms with Gasteiger partial charge in [-0.3, -0.25) is 9.69 Å². The molecule has 0 aromatic heterocycles. The van der Waals surface area contributed by atoms with Crippen LogP contribution in [0.5, 0.6) is 5.75 Å². The van der Waals surface area contributed by atoms with Crippen molar-refractivity contribution in [2.45, 2.75) is 26.3 Å². The van der Waals surface area contributed by atoms with Crippen molar-refractivity contribution in [1.29, 1.82) is 0 Å². The van der Waals surface area contributed by atoms with Crippen LogP contribution in [-0.2, 0) is 0 Å². The molecule has 0 bridgehead atoms. The number of hydrogen-bond acceptors (Lipinski definition) is 4. The summed E-state index contributed by atoms with van der Waals surface area (Å²) in [7, 11) is 0. The predicted molar refractivity (Wildman–Crippen MR) is 83.5 cm³/mol. The molecular formula is C16H25N3O2. The second-order valence-electron chi connectivity index (χ2n) is 5.58. The Hall–Kier alpha value is -1.59. The molecule has 1 saturated heterocycles. The maximum atomic E-state index is 12.6. The van der Waals surface area contributed by atoms with Crippen molar-refractivity contribution < 1.29 is 9.90 Å². The number of nitrogens with two attached hydrogens (primary N) is 1. The molecule has 5 heteroatoms. The topological polar surface area (TPSA) is 69.8 Å². The number of phenolic OH excluding ortho intramolecular Hbond substituents is 1. The van der Waals surface area contributed by atoms with Gasteiger partial charge in [-0.05, 0) is 25.5 Å². The Morgan fingerprint density at radius 3 is 2.57 bits per heavy atom. The number of hydrogen-bond donors (Lipinski definition) is 2. The van der Waals surface area contributed by atoms with Gasteiger partial charge in [-0.1, -0.05) is 13.0 Å². The summed E-state index contributed by atoms with van der Waals surface area (Å²) in [6.07, 6.45) is 1.04. The summed E-state index contributed by atoms with van der Waals surface area (Å²) >= 11 is 0. The average molecular weight is 291 g/mol. The Balaban J connectivity index is 2.02. The molecule has 1 atom stereocenters. The minimum atomic E-state index is 0.00356. The lowest BCUT2D eigenvalue weighted by molar-refractivity contribution is 0.0570. The highest BCUT2D eigenvalue weighted by molar-refractivity contribution is 5.96. The van der Waals surface area contributed by atoms with Gasteiger partial charge in [0.2, 0.25) is 0 Å². The van der Waals surface area contributed by atoms with Crippen LogP contribution in [-0.4, -0.2) is 59.6 Å². The van der Waals surface area contributed by atoms with Crippen LogP contribution in [0.4, 0.5) is 0 Å². The van der Waals surface area contributed by atoms with E-state index in [0.29, 0.717) is 36.8 Å². The van der Waals surface area contributed by atoms with Gasteiger partial charge in [-0.25, -0.2) is 0 Å². The minimum absolute atomic E-state index is 0.00356. The van der Waals surface area contributed by atoms with E-state index in [1.807, 2.05) is 4.90 Å². The normalized spacial score (nSPS) is 17.8. The lowest BCUT2D eigenvalue weighted by atomic mass is 10.1. The Bertz CT molecular complexity index is 492. The molecule has 2 rings (SSSR count). The van der Waals surface area contributed by atoms with E-state index in [0.717, 1.165) is 19.5 Å². The van der Waals surface area contributed by atoms with Crippen LogP contribution < -0.4 is 5.73 Å². The van der Waals surface area contributed by atoms with Crippen LogP contribution in [0.1, 0.15) is 29.3 Å². The fourth-order valence-corrected chi connectivity index (χ4v) is 2.89. The molecule has 1 aliphatic heterocycles. The van der Waals surface area contributed by atoms with Crippen molar-refractivity contribution in [3.05, 3.63) is 29.3 Å². The summed E-state index contributed by atoms with van der Waals surface area (Å²) in [5.74, 6) is 0.178. The molecule has 1 heterocycles. The Morgan fingerprint density at radius 1 is 1.33 bits per heavy atom. The van der Waals surface area contributed by atoms with Gasteiger partial charge in [0, 0.05) is 49.9 Å². The maximum Gasteiger partial charge on any atom is 0.254 e. The number of piperazine rings is 1. The number of amides is 1. The van der Waals surface area contributed by atoms with E-state index < -0.39 is 0 Å². The van der Waals surface area contributed by atoms with E-state index in [1.54, 1.807) is 25.1 Å². The van der Waals surface area contributed by atoms with Gasteiger partial charge in [0.1, 0.15) is 5.75 Å². The highest BCUT2D eigenvalue weighted by Gasteiger charge is 2.26. The molecule has 3 N–H and O–H groups in total. The average Bonchev–Trinajstić information content (AvgIpc) is 2.51. The highest BCUT2D eigenvalue weighted by atomic mass is 16.3. The molecule has 0 saturated carbocycles. The van der Waals surface area contributed by atoms with Crippen molar-refractivity contribution >= 4 is 5.91 Å². The summed E-state index contributed by atoms with van der Waals surface area (Å²) in [4.78, 5) is 16.8. The minimum Gasteiger partial charge on any atom is -0.508 e. The van der Waals surface area contributed by atoms with Crippen LogP contribution >= 0.6 is 0 Å². The van der Waals surface area contributed by atoms with Crippen molar-refractivity contribution in [2.75, 3.05) is 32.7 Å². The predicted octanol–water partition coefficient (Wildman–Crippen LogP) is 1.20. The molecule has 1 aromatic rings. The molecule has 21 heavy (non-hydrogen) atoms. The molecule has 116 valence electrons. The summed E-state index contributed by atoms with van der Waals surface area (Å²) in [5.41, 5.74) is 7.03. The molecule has 0 aliphatic carbocycles. The molecule has 1 amide bonds. The van der Waals surface area contributed by atoms with Crippen molar-refractivity contribution in [2.24, 2.45) is 5.73 Å². The Kier molecular flexibility index (Phi) is 5.20. The molecule has 1 aliphatic rings. The molecule has 1 fully saturated rings. The standard InChI is InChI=1S/C16H25N3O2/c1-3-13(11-17)18-7-9-19(10-8-18)16(21)14-5-4-6-15(20)12(14)2/h4-6,13,20H,3,7-11,17H2,1-2H3. The third kappa shape index (κ3) is 3.36. The number of phenols is 1. The Labute approximate surface area is 126 Å². The van der Waals surface area contributed by atoms with Crippen LogP contribution in [0.3, 0.4) is 0 Å². The van der Waals surface area contributed by atoms with Gasteiger partial charge in [0.05, 0.1) is 0 Å². The first-order chi connectivity index (χ1) is 10.1.